The van der Waals surface area contributed by atoms with Gasteiger partial charge in [-0.15, -0.1) is 0 Å². The van der Waals surface area contributed by atoms with Gasteiger partial charge in [-0.3, -0.25) is 0 Å². The summed E-state index contributed by atoms with van der Waals surface area (Å²) in [6, 6.07) is 10.6. The Labute approximate surface area is 91.8 Å². The largest absolute Gasteiger partial charge is 0.316 e. The lowest BCUT2D eigenvalue weighted by Crippen LogP contribution is -1.85. The maximum Gasteiger partial charge on any atom is 0.0825 e. The molecule has 0 amide bonds. The highest BCUT2D eigenvalue weighted by atomic mass is 14.9. The molecule has 0 saturated heterocycles. The van der Waals surface area contributed by atoms with E-state index in [4.69, 9.17) is 2.74 Å². The second kappa shape index (κ2) is 2.86. The highest BCUT2D eigenvalue weighted by Crippen LogP contribution is 2.20. The Morgan fingerprint density at radius 3 is 2.80 bits per heavy atom. The number of benzene rings is 1. The molecule has 1 heteroatoms. The standard InChI is InChI=1S/C14H13N/c1-10-3-6-14-12(7-10)4-5-13-8-11(2)9-15(13)14/h3-9H,1-2H3/i8D,9D. The lowest BCUT2D eigenvalue weighted by atomic mass is 10.1. The van der Waals surface area contributed by atoms with Crippen molar-refractivity contribution < 1.29 is 2.74 Å². The monoisotopic (exact) mass is 197 g/mol. The predicted molar refractivity (Wildman–Crippen MR) is 64.4 cm³/mol. The molecule has 0 aliphatic carbocycles. The lowest BCUT2D eigenvalue weighted by molar-refractivity contribution is 1.25. The molecule has 0 fully saturated rings. The maximum atomic E-state index is 8.09. The number of aryl methyl sites for hydroxylation is 1. The van der Waals surface area contributed by atoms with Gasteiger partial charge in [-0.05, 0) is 49.0 Å². The van der Waals surface area contributed by atoms with Crippen LogP contribution in [0.25, 0.3) is 16.4 Å². The zero-order valence-corrected chi connectivity index (χ0v) is 8.83. The van der Waals surface area contributed by atoms with Crippen LogP contribution in [0, 0.1) is 13.8 Å². The molecule has 0 aliphatic heterocycles. The minimum Gasteiger partial charge on any atom is -0.316 e. The summed E-state index contributed by atoms with van der Waals surface area (Å²) in [5.41, 5.74) is 3.75. The molecule has 2 heterocycles. The summed E-state index contributed by atoms with van der Waals surface area (Å²) in [6.45, 7) is 3.89. The quantitative estimate of drug-likeness (QED) is 0.517. The van der Waals surface area contributed by atoms with Gasteiger partial charge in [0.1, 0.15) is 0 Å². The van der Waals surface area contributed by atoms with Gasteiger partial charge < -0.3 is 4.40 Å². The number of aromatic nitrogens is 1. The number of pyridine rings is 1. The van der Waals surface area contributed by atoms with Crippen molar-refractivity contribution in [1.29, 1.82) is 0 Å². The summed E-state index contributed by atoms with van der Waals surface area (Å²) in [5.74, 6) is 0. The van der Waals surface area contributed by atoms with Gasteiger partial charge in [-0.25, -0.2) is 0 Å². The number of hydrogen-bond acceptors (Lipinski definition) is 0. The number of nitrogens with zero attached hydrogens (tertiary/aromatic N) is 1. The molecule has 0 spiro atoms. The molecule has 0 radical (unpaired) electrons. The van der Waals surface area contributed by atoms with E-state index in [1.165, 1.54) is 5.56 Å². The fraction of sp³-hybridized carbons (Fsp3) is 0.143. The summed E-state index contributed by atoms with van der Waals surface area (Å²) in [7, 11) is 0. The predicted octanol–water partition coefficient (Wildman–Crippen LogP) is 3.71. The van der Waals surface area contributed by atoms with E-state index >= 15 is 0 Å². The van der Waals surface area contributed by atoms with Gasteiger partial charge in [0.25, 0.3) is 0 Å². The van der Waals surface area contributed by atoms with E-state index in [0.29, 0.717) is 12.2 Å². The normalized spacial score (nSPS) is 13.2. The van der Waals surface area contributed by atoms with Crippen LogP contribution < -0.4 is 0 Å². The summed E-state index contributed by atoms with van der Waals surface area (Å²) in [4.78, 5) is 0. The van der Waals surface area contributed by atoms with Gasteiger partial charge in [0.05, 0.1) is 8.26 Å². The summed E-state index contributed by atoms with van der Waals surface area (Å²) in [6.07, 6.45) is 0.416. The van der Waals surface area contributed by atoms with Crippen LogP contribution in [0.4, 0.5) is 0 Å². The zero-order chi connectivity index (χ0) is 12.2. The molecule has 0 saturated carbocycles. The van der Waals surface area contributed by atoms with Crippen LogP contribution in [0.1, 0.15) is 13.9 Å². The van der Waals surface area contributed by atoms with E-state index in [9.17, 15) is 0 Å². The van der Waals surface area contributed by atoms with Crippen molar-refractivity contribution in [3.63, 3.8) is 0 Å². The van der Waals surface area contributed by atoms with E-state index < -0.39 is 0 Å². The van der Waals surface area contributed by atoms with Crippen LogP contribution in [0.15, 0.2) is 42.5 Å². The van der Waals surface area contributed by atoms with Crippen molar-refractivity contribution in [2.24, 2.45) is 0 Å². The van der Waals surface area contributed by atoms with Crippen LogP contribution in [0.5, 0.6) is 0 Å². The molecule has 2 aromatic heterocycles. The molecule has 3 rings (SSSR count). The number of hydrogen-bond donors (Lipinski definition) is 0. The van der Waals surface area contributed by atoms with Crippen LogP contribution in [0.2, 0.25) is 0 Å². The fourth-order valence-electron chi connectivity index (χ4n) is 1.99. The van der Waals surface area contributed by atoms with Crippen molar-refractivity contribution in [2.45, 2.75) is 13.8 Å². The van der Waals surface area contributed by atoms with Crippen molar-refractivity contribution in [3.8, 4) is 0 Å². The first-order chi connectivity index (χ1) is 8.09. The van der Waals surface area contributed by atoms with Gasteiger partial charge in [-0.2, -0.15) is 0 Å². The highest BCUT2D eigenvalue weighted by molar-refractivity contribution is 5.83. The third-order valence-electron chi connectivity index (χ3n) is 2.68. The molecule has 0 bridgehead atoms. The Morgan fingerprint density at radius 2 is 1.93 bits per heavy atom. The van der Waals surface area contributed by atoms with Crippen LogP contribution in [-0.4, -0.2) is 4.40 Å². The molecule has 0 aliphatic rings. The van der Waals surface area contributed by atoms with Crippen LogP contribution in [-0.2, 0) is 0 Å². The summed E-state index contributed by atoms with van der Waals surface area (Å²) >= 11 is 0. The third kappa shape index (κ3) is 1.23. The molecule has 0 atom stereocenters. The van der Waals surface area contributed by atoms with Gasteiger partial charge in [0.2, 0.25) is 0 Å². The van der Waals surface area contributed by atoms with E-state index in [-0.39, 0.29) is 0 Å². The topological polar surface area (TPSA) is 4.41 Å². The van der Waals surface area contributed by atoms with E-state index in [1.807, 2.05) is 35.6 Å². The number of rotatable bonds is 0. The average molecular weight is 197 g/mol. The Balaban J connectivity index is 2.60. The SMILES string of the molecule is [2H]c1c(C)c([2H])n2c1ccc1cc(C)ccc12. The third-order valence-corrected chi connectivity index (χ3v) is 2.68. The van der Waals surface area contributed by atoms with Crippen molar-refractivity contribution in [1.82, 2.24) is 4.40 Å². The highest BCUT2D eigenvalue weighted by Gasteiger charge is 2.00. The second-order valence-corrected chi connectivity index (χ2v) is 3.98. The van der Waals surface area contributed by atoms with Crippen molar-refractivity contribution in [2.75, 3.05) is 0 Å². The molecule has 0 unspecified atom stereocenters. The average Bonchev–Trinajstić information content (AvgIpc) is 2.54. The Bertz CT molecular complexity index is 741. The first-order valence-corrected chi connectivity index (χ1v) is 5.07. The zero-order valence-electron chi connectivity index (χ0n) is 10.8. The minimum absolute atomic E-state index is 0.416. The van der Waals surface area contributed by atoms with Crippen molar-refractivity contribution in [3.05, 3.63) is 53.7 Å². The van der Waals surface area contributed by atoms with Crippen molar-refractivity contribution >= 4 is 16.4 Å². The molecule has 1 aromatic carbocycles. The minimum atomic E-state index is 0.416. The molecule has 15 heavy (non-hydrogen) atoms. The van der Waals surface area contributed by atoms with E-state index in [1.54, 1.807) is 0 Å². The van der Waals surface area contributed by atoms with Gasteiger partial charge in [0, 0.05) is 11.7 Å². The first-order valence-electron chi connectivity index (χ1n) is 6.07. The number of fused-ring (bicyclic) bond motifs is 3. The maximum absolute atomic E-state index is 8.09. The summed E-state index contributed by atoms with van der Waals surface area (Å²) in [5, 5.41) is 1.11. The van der Waals surface area contributed by atoms with Gasteiger partial charge in [-0.1, -0.05) is 17.7 Å². The van der Waals surface area contributed by atoms with Crippen LogP contribution in [0.3, 0.4) is 0 Å². The molecular weight excluding hydrogens is 182 g/mol. The molecule has 1 nitrogen and oxygen atoms in total. The van der Waals surface area contributed by atoms with E-state index in [2.05, 4.69) is 13.0 Å². The van der Waals surface area contributed by atoms with E-state index in [0.717, 1.165) is 22.0 Å². The summed E-state index contributed by atoms with van der Waals surface area (Å²) < 4.78 is 17.9. The second-order valence-electron chi connectivity index (χ2n) is 3.98. The first kappa shape index (κ1) is 6.67. The van der Waals surface area contributed by atoms with Crippen LogP contribution >= 0.6 is 0 Å². The smallest absolute Gasteiger partial charge is 0.0825 e. The Kier molecular flexibility index (Phi) is 1.27. The van der Waals surface area contributed by atoms with Gasteiger partial charge in [0.15, 0.2) is 0 Å². The lowest BCUT2D eigenvalue weighted by Gasteiger charge is -2.03. The Hall–Kier alpha value is -1.76. The molecular formula is C14H13N. The fourth-order valence-corrected chi connectivity index (χ4v) is 1.99. The molecule has 3 aromatic rings. The molecule has 74 valence electrons. The van der Waals surface area contributed by atoms with Gasteiger partial charge >= 0.3 is 0 Å². The Morgan fingerprint density at radius 1 is 1.07 bits per heavy atom. The molecule has 0 N–H and O–H groups in total.